The van der Waals surface area contributed by atoms with Crippen molar-refractivity contribution in [3.05, 3.63) is 54.1 Å². The molecule has 1 heterocycles. The van der Waals surface area contributed by atoms with Gasteiger partial charge in [-0.1, -0.05) is 12.1 Å². The predicted molar refractivity (Wildman–Crippen MR) is 58.6 cm³/mol. The zero-order chi connectivity index (χ0) is 13.2. The summed E-state index contributed by atoms with van der Waals surface area (Å²) in [4.78, 5) is 3.80. The summed E-state index contributed by atoms with van der Waals surface area (Å²) < 4.78 is 39.1. The fraction of sp³-hybridized carbons (Fsp3) is 0.250. The Morgan fingerprint density at radius 3 is 2.72 bits per heavy atom. The Kier molecular flexibility index (Phi) is 3.38. The number of benzene rings is 1. The van der Waals surface area contributed by atoms with Crippen molar-refractivity contribution >= 4 is 0 Å². The molecule has 0 radical (unpaired) electrons. The summed E-state index contributed by atoms with van der Waals surface area (Å²) in [6.07, 6.45) is -0.724. The van der Waals surface area contributed by atoms with Gasteiger partial charge in [-0.15, -0.1) is 0 Å². The fourth-order valence-corrected chi connectivity index (χ4v) is 1.62. The van der Waals surface area contributed by atoms with Gasteiger partial charge in [-0.2, -0.15) is 13.2 Å². The van der Waals surface area contributed by atoms with Crippen LogP contribution in [-0.4, -0.2) is 14.7 Å². The quantitative estimate of drug-likeness (QED) is 0.916. The van der Waals surface area contributed by atoms with E-state index in [0.717, 1.165) is 12.1 Å². The molecule has 18 heavy (non-hydrogen) atoms. The molecule has 2 aromatic rings. The monoisotopic (exact) mass is 256 g/mol. The molecule has 3 nitrogen and oxygen atoms in total. The van der Waals surface area contributed by atoms with Crippen molar-refractivity contribution in [3.63, 3.8) is 0 Å². The van der Waals surface area contributed by atoms with Crippen LogP contribution in [0.2, 0.25) is 0 Å². The zero-order valence-corrected chi connectivity index (χ0v) is 9.30. The lowest BCUT2D eigenvalue weighted by atomic mass is 10.1. The lowest BCUT2D eigenvalue weighted by molar-refractivity contribution is -0.137. The standard InChI is InChI=1S/C12H11F3N2O/c13-12(14,15)10-3-1-2-9(6-10)11(18)7-17-5-4-16-8-17/h1-6,8,11,18H,7H2. The zero-order valence-electron chi connectivity index (χ0n) is 9.30. The second-order valence-electron chi connectivity index (χ2n) is 3.90. The lowest BCUT2D eigenvalue weighted by Gasteiger charge is -2.14. The molecular weight excluding hydrogens is 245 g/mol. The van der Waals surface area contributed by atoms with Crippen molar-refractivity contribution in [2.75, 3.05) is 0 Å². The maximum atomic E-state index is 12.5. The molecule has 0 saturated carbocycles. The van der Waals surface area contributed by atoms with E-state index in [4.69, 9.17) is 0 Å². The highest BCUT2D eigenvalue weighted by atomic mass is 19.4. The van der Waals surface area contributed by atoms with E-state index in [1.165, 1.54) is 18.5 Å². The third kappa shape index (κ3) is 2.89. The van der Waals surface area contributed by atoms with Crippen molar-refractivity contribution < 1.29 is 18.3 Å². The van der Waals surface area contributed by atoms with Crippen LogP contribution in [0.25, 0.3) is 0 Å². The van der Waals surface area contributed by atoms with Crippen molar-refractivity contribution in [2.24, 2.45) is 0 Å². The van der Waals surface area contributed by atoms with Crippen LogP contribution in [0.4, 0.5) is 13.2 Å². The van der Waals surface area contributed by atoms with Gasteiger partial charge >= 0.3 is 6.18 Å². The largest absolute Gasteiger partial charge is 0.416 e. The third-order valence-electron chi connectivity index (χ3n) is 2.54. The first-order chi connectivity index (χ1) is 8.47. The van der Waals surface area contributed by atoms with E-state index < -0.39 is 17.8 Å². The molecule has 0 aliphatic carbocycles. The van der Waals surface area contributed by atoms with E-state index in [2.05, 4.69) is 4.98 Å². The molecular formula is C12H11F3N2O. The summed E-state index contributed by atoms with van der Waals surface area (Å²) in [5.74, 6) is 0. The molecule has 6 heteroatoms. The minimum atomic E-state index is -4.40. The van der Waals surface area contributed by atoms with Crippen LogP contribution >= 0.6 is 0 Å². The number of rotatable bonds is 3. The summed E-state index contributed by atoms with van der Waals surface area (Å²) in [5, 5.41) is 9.87. The highest BCUT2D eigenvalue weighted by Crippen LogP contribution is 2.30. The van der Waals surface area contributed by atoms with Gasteiger partial charge in [0.1, 0.15) is 0 Å². The average molecular weight is 256 g/mol. The van der Waals surface area contributed by atoms with Gasteiger partial charge in [0.05, 0.1) is 24.5 Å². The molecule has 1 atom stereocenters. The van der Waals surface area contributed by atoms with E-state index in [0.29, 0.717) is 0 Å². The van der Waals surface area contributed by atoms with E-state index in [9.17, 15) is 18.3 Å². The van der Waals surface area contributed by atoms with Gasteiger partial charge in [-0.25, -0.2) is 4.98 Å². The summed E-state index contributed by atoms with van der Waals surface area (Å²) >= 11 is 0. The fourth-order valence-electron chi connectivity index (χ4n) is 1.62. The first-order valence-electron chi connectivity index (χ1n) is 5.28. The Labute approximate surface area is 102 Å². The number of aromatic nitrogens is 2. The first kappa shape index (κ1) is 12.6. The second-order valence-corrected chi connectivity index (χ2v) is 3.90. The van der Waals surface area contributed by atoms with Crippen molar-refractivity contribution in [1.29, 1.82) is 0 Å². The Morgan fingerprint density at radius 2 is 2.11 bits per heavy atom. The smallest absolute Gasteiger partial charge is 0.387 e. The molecule has 0 spiro atoms. The molecule has 0 fully saturated rings. The maximum absolute atomic E-state index is 12.5. The first-order valence-corrected chi connectivity index (χ1v) is 5.28. The van der Waals surface area contributed by atoms with Crippen LogP contribution in [0, 0.1) is 0 Å². The number of aliphatic hydroxyl groups excluding tert-OH is 1. The second kappa shape index (κ2) is 4.81. The number of imidazole rings is 1. The number of hydrogen-bond donors (Lipinski definition) is 1. The van der Waals surface area contributed by atoms with Crippen LogP contribution in [0.5, 0.6) is 0 Å². The van der Waals surface area contributed by atoms with Crippen LogP contribution < -0.4 is 0 Å². The number of hydrogen-bond acceptors (Lipinski definition) is 2. The lowest BCUT2D eigenvalue weighted by Crippen LogP contribution is -2.10. The van der Waals surface area contributed by atoms with E-state index >= 15 is 0 Å². The minimum Gasteiger partial charge on any atom is -0.387 e. The minimum absolute atomic E-state index is 0.168. The highest BCUT2D eigenvalue weighted by Gasteiger charge is 2.30. The highest BCUT2D eigenvalue weighted by molar-refractivity contribution is 5.27. The average Bonchev–Trinajstić information content (AvgIpc) is 2.81. The van der Waals surface area contributed by atoms with Gasteiger partial charge < -0.3 is 9.67 Å². The Bertz CT molecular complexity index is 508. The van der Waals surface area contributed by atoms with Gasteiger partial charge in [-0.3, -0.25) is 0 Å². The molecule has 0 aliphatic heterocycles. The molecule has 0 bridgehead atoms. The van der Waals surface area contributed by atoms with Crippen LogP contribution in [-0.2, 0) is 12.7 Å². The van der Waals surface area contributed by atoms with Gasteiger partial charge in [-0.05, 0) is 17.7 Å². The number of alkyl halides is 3. The summed E-state index contributed by atoms with van der Waals surface area (Å²) in [6, 6.07) is 4.70. The van der Waals surface area contributed by atoms with E-state index in [1.807, 2.05) is 0 Å². The molecule has 0 amide bonds. The summed E-state index contributed by atoms with van der Waals surface area (Å²) in [6.45, 7) is 0.168. The molecule has 96 valence electrons. The third-order valence-corrected chi connectivity index (χ3v) is 2.54. The van der Waals surface area contributed by atoms with E-state index in [-0.39, 0.29) is 12.1 Å². The van der Waals surface area contributed by atoms with Crippen molar-refractivity contribution in [1.82, 2.24) is 9.55 Å². The Hall–Kier alpha value is -1.82. The molecule has 1 unspecified atom stereocenters. The molecule has 1 N–H and O–H groups in total. The Morgan fingerprint density at radius 1 is 1.33 bits per heavy atom. The molecule has 2 rings (SSSR count). The normalized spacial score (nSPS) is 13.6. The van der Waals surface area contributed by atoms with Crippen molar-refractivity contribution in [3.8, 4) is 0 Å². The maximum Gasteiger partial charge on any atom is 0.416 e. The number of aliphatic hydroxyl groups is 1. The Balaban J connectivity index is 2.18. The molecule has 1 aromatic carbocycles. The molecule has 0 saturated heterocycles. The summed E-state index contributed by atoms with van der Waals surface area (Å²) in [5.41, 5.74) is -0.525. The summed E-state index contributed by atoms with van der Waals surface area (Å²) in [7, 11) is 0. The molecule has 0 aliphatic rings. The predicted octanol–water partition coefficient (Wildman–Crippen LogP) is 2.64. The van der Waals surface area contributed by atoms with Gasteiger partial charge in [0.25, 0.3) is 0 Å². The van der Waals surface area contributed by atoms with Gasteiger partial charge in [0.15, 0.2) is 0 Å². The van der Waals surface area contributed by atoms with Crippen LogP contribution in [0.3, 0.4) is 0 Å². The molecule has 1 aromatic heterocycles. The van der Waals surface area contributed by atoms with Crippen LogP contribution in [0.1, 0.15) is 17.2 Å². The van der Waals surface area contributed by atoms with Crippen LogP contribution in [0.15, 0.2) is 43.0 Å². The van der Waals surface area contributed by atoms with E-state index in [1.54, 1.807) is 17.0 Å². The van der Waals surface area contributed by atoms with Crippen molar-refractivity contribution in [2.45, 2.75) is 18.8 Å². The van der Waals surface area contributed by atoms with Gasteiger partial charge in [0.2, 0.25) is 0 Å². The topological polar surface area (TPSA) is 38.0 Å². The number of nitrogens with zero attached hydrogens (tertiary/aromatic N) is 2. The number of halogens is 3. The SMILES string of the molecule is OC(Cn1ccnc1)c1cccc(C(F)(F)F)c1. The van der Waals surface area contributed by atoms with Gasteiger partial charge in [0, 0.05) is 12.4 Å².